The van der Waals surface area contributed by atoms with Crippen molar-refractivity contribution in [3.63, 3.8) is 0 Å². The van der Waals surface area contributed by atoms with Crippen LogP contribution in [0.5, 0.6) is 0 Å². The average Bonchev–Trinajstić information content (AvgIpc) is 2.13. The Hall–Kier alpha value is -0.865. The summed E-state index contributed by atoms with van der Waals surface area (Å²) in [5, 5.41) is 3.19. The Morgan fingerprint density at radius 3 is 3.08 bits per heavy atom. The summed E-state index contributed by atoms with van der Waals surface area (Å²) in [7, 11) is 7.21. The lowest BCUT2D eigenvalue weighted by atomic mass is 10.0. The summed E-state index contributed by atoms with van der Waals surface area (Å²) < 4.78 is 4.90. The number of nitrogens with one attached hydrogen (secondary N) is 1. The van der Waals surface area contributed by atoms with E-state index in [9.17, 15) is 0 Å². The van der Waals surface area contributed by atoms with E-state index in [-0.39, 0.29) is 0 Å². The van der Waals surface area contributed by atoms with Crippen LogP contribution in [0.25, 0.3) is 0 Å². The third kappa shape index (κ3) is 4.06. The molecule has 0 aliphatic heterocycles. The molecule has 2 radical (unpaired) electrons. The Kier molecular flexibility index (Phi) is 4.50. The van der Waals surface area contributed by atoms with Gasteiger partial charge in [0.1, 0.15) is 7.85 Å². The van der Waals surface area contributed by atoms with Crippen molar-refractivity contribution in [1.82, 2.24) is 10.3 Å². The molecule has 0 fully saturated rings. The Morgan fingerprint density at radius 2 is 2.38 bits per heavy atom. The lowest BCUT2D eigenvalue weighted by Crippen LogP contribution is -2.21. The first-order chi connectivity index (χ1) is 6.33. The molecule has 0 saturated heterocycles. The average molecular weight is 176 g/mol. The molecule has 1 heterocycles. The quantitative estimate of drug-likeness (QED) is 0.490. The summed E-state index contributed by atoms with van der Waals surface area (Å²) in [6.45, 7) is 2.27. The van der Waals surface area contributed by atoms with E-state index in [1.165, 1.54) is 0 Å². The van der Waals surface area contributed by atoms with Crippen molar-refractivity contribution in [2.75, 3.05) is 20.3 Å². The maximum absolute atomic E-state index is 5.53. The zero-order valence-corrected chi connectivity index (χ0v) is 7.79. The molecule has 0 atom stereocenters. The van der Waals surface area contributed by atoms with Crippen molar-refractivity contribution in [1.29, 1.82) is 0 Å². The molecule has 68 valence electrons. The predicted octanol–water partition coefficient (Wildman–Crippen LogP) is -0.389. The minimum Gasteiger partial charge on any atom is -0.383 e. The zero-order valence-electron chi connectivity index (χ0n) is 7.79. The monoisotopic (exact) mass is 176 g/mol. The van der Waals surface area contributed by atoms with Crippen LogP contribution in [0.15, 0.2) is 18.2 Å². The third-order valence-electron chi connectivity index (χ3n) is 1.62. The molecule has 0 bridgehead atoms. The van der Waals surface area contributed by atoms with E-state index in [1.807, 2.05) is 12.1 Å². The van der Waals surface area contributed by atoms with E-state index in [4.69, 9.17) is 12.6 Å². The molecule has 1 aromatic rings. The SMILES string of the molecule is [B]c1cccc(CNCCOC)n1. The van der Waals surface area contributed by atoms with Crippen LogP contribution in [0.1, 0.15) is 5.69 Å². The molecule has 1 rings (SSSR count). The largest absolute Gasteiger partial charge is 0.383 e. The van der Waals surface area contributed by atoms with E-state index < -0.39 is 0 Å². The van der Waals surface area contributed by atoms with Crippen molar-refractivity contribution in [2.45, 2.75) is 6.54 Å². The van der Waals surface area contributed by atoms with Gasteiger partial charge in [0.2, 0.25) is 0 Å². The van der Waals surface area contributed by atoms with Gasteiger partial charge in [-0.15, -0.1) is 0 Å². The van der Waals surface area contributed by atoms with E-state index >= 15 is 0 Å². The van der Waals surface area contributed by atoms with Crippen LogP contribution in [0.2, 0.25) is 0 Å². The molecular formula is C9H13BN2O. The molecule has 0 spiro atoms. The van der Waals surface area contributed by atoms with Crippen LogP contribution < -0.4 is 10.9 Å². The minimum absolute atomic E-state index is 0.561. The fourth-order valence-corrected chi connectivity index (χ4v) is 0.987. The summed E-state index contributed by atoms with van der Waals surface area (Å²) >= 11 is 0. The van der Waals surface area contributed by atoms with Crippen LogP contribution in [0.3, 0.4) is 0 Å². The summed E-state index contributed by atoms with van der Waals surface area (Å²) in [5.41, 5.74) is 1.52. The van der Waals surface area contributed by atoms with Gasteiger partial charge >= 0.3 is 0 Å². The first-order valence-electron chi connectivity index (χ1n) is 4.24. The maximum atomic E-state index is 5.53. The van der Waals surface area contributed by atoms with Crippen LogP contribution in [0.4, 0.5) is 0 Å². The van der Waals surface area contributed by atoms with Crippen molar-refractivity contribution in [3.05, 3.63) is 23.9 Å². The highest BCUT2D eigenvalue weighted by atomic mass is 16.5. The normalized spacial score (nSPS) is 10.2. The van der Waals surface area contributed by atoms with Gasteiger partial charge in [-0.3, -0.25) is 4.98 Å². The Morgan fingerprint density at radius 1 is 1.54 bits per heavy atom. The van der Waals surface area contributed by atoms with Crippen molar-refractivity contribution in [2.24, 2.45) is 0 Å². The highest BCUT2D eigenvalue weighted by molar-refractivity contribution is 6.30. The molecule has 0 amide bonds. The summed E-state index contributed by atoms with van der Waals surface area (Å²) in [6, 6.07) is 5.62. The standard InChI is InChI=1S/C9H13BN2O/c1-13-6-5-11-7-8-3-2-4-9(10)12-8/h2-4,11H,5-7H2,1H3. The predicted molar refractivity (Wildman–Crippen MR) is 53.2 cm³/mol. The number of ether oxygens (including phenoxy) is 1. The second-order valence-corrected chi connectivity index (χ2v) is 2.72. The molecule has 3 nitrogen and oxygen atoms in total. The number of hydrogen-bond acceptors (Lipinski definition) is 3. The Labute approximate surface area is 79.9 Å². The first kappa shape index (κ1) is 10.2. The highest BCUT2D eigenvalue weighted by Crippen LogP contribution is 1.89. The molecule has 0 aromatic carbocycles. The second kappa shape index (κ2) is 5.72. The molecule has 0 aliphatic rings. The van der Waals surface area contributed by atoms with Gasteiger partial charge in [-0.1, -0.05) is 12.1 Å². The van der Waals surface area contributed by atoms with Gasteiger partial charge in [-0.2, -0.15) is 0 Å². The number of rotatable bonds is 5. The number of pyridine rings is 1. The van der Waals surface area contributed by atoms with E-state index in [2.05, 4.69) is 10.3 Å². The van der Waals surface area contributed by atoms with Crippen molar-refractivity contribution >= 4 is 13.4 Å². The molecule has 0 unspecified atom stereocenters. The van der Waals surface area contributed by atoms with Gasteiger partial charge in [0.05, 0.1) is 12.3 Å². The fourth-order valence-electron chi connectivity index (χ4n) is 0.987. The van der Waals surface area contributed by atoms with Gasteiger partial charge in [-0.25, -0.2) is 0 Å². The van der Waals surface area contributed by atoms with Crippen LogP contribution >= 0.6 is 0 Å². The fraction of sp³-hybridized carbons (Fsp3) is 0.444. The maximum Gasteiger partial charge on any atom is 0.141 e. The molecule has 13 heavy (non-hydrogen) atoms. The topological polar surface area (TPSA) is 34.1 Å². The molecule has 0 aliphatic carbocycles. The van der Waals surface area contributed by atoms with Crippen LogP contribution in [-0.4, -0.2) is 33.1 Å². The lowest BCUT2D eigenvalue weighted by molar-refractivity contribution is 0.199. The van der Waals surface area contributed by atoms with E-state index in [0.29, 0.717) is 12.2 Å². The molecule has 1 aromatic heterocycles. The molecule has 0 saturated carbocycles. The molecular weight excluding hydrogens is 163 g/mol. The number of hydrogen-bond donors (Lipinski definition) is 1. The van der Waals surface area contributed by atoms with E-state index in [1.54, 1.807) is 13.2 Å². The molecule has 4 heteroatoms. The highest BCUT2D eigenvalue weighted by Gasteiger charge is 1.93. The Balaban J connectivity index is 2.28. The zero-order chi connectivity index (χ0) is 9.52. The van der Waals surface area contributed by atoms with Crippen LogP contribution in [0, 0.1) is 0 Å². The number of aromatic nitrogens is 1. The van der Waals surface area contributed by atoms with Gasteiger partial charge in [0.15, 0.2) is 0 Å². The summed E-state index contributed by atoms with van der Waals surface area (Å²) in [4.78, 5) is 4.15. The van der Waals surface area contributed by atoms with Crippen molar-refractivity contribution in [3.8, 4) is 0 Å². The van der Waals surface area contributed by atoms with Gasteiger partial charge < -0.3 is 10.1 Å². The molecule has 1 N–H and O–H groups in total. The van der Waals surface area contributed by atoms with Gasteiger partial charge in [0, 0.05) is 20.2 Å². The van der Waals surface area contributed by atoms with Crippen LogP contribution in [-0.2, 0) is 11.3 Å². The van der Waals surface area contributed by atoms with Gasteiger partial charge in [-0.05, 0) is 11.7 Å². The number of methoxy groups -OCH3 is 1. The number of nitrogens with zero attached hydrogens (tertiary/aromatic N) is 1. The minimum atomic E-state index is 0.561. The first-order valence-corrected chi connectivity index (χ1v) is 4.24. The summed E-state index contributed by atoms with van der Waals surface area (Å²) in [5.74, 6) is 0. The third-order valence-corrected chi connectivity index (χ3v) is 1.62. The lowest BCUT2D eigenvalue weighted by Gasteiger charge is -2.03. The van der Waals surface area contributed by atoms with E-state index in [0.717, 1.165) is 18.8 Å². The smallest absolute Gasteiger partial charge is 0.141 e. The van der Waals surface area contributed by atoms with Gasteiger partial charge in [0.25, 0.3) is 0 Å². The summed E-state index contributed by atoms with van der Waals surface area (Å²) in [6.07, 6.45) is 0. The second-order valence-electron chi connectivity index (χ2n) is 2.72. The van der Waals surface area contributed by atoms with Crippen molar-refractivity contribution < 1.29 is 4.74 Å². The Bertz CT molecular complexity index is 255.